The van der Waals surface area contributed by atoms with Crippen LogP contribution in [0.5, 0.6) is 0 Å². The van der Waals surface area contributed by atoms with Gasteiger partial charge in [-0.15, -0.1) is 15.3 Å². The molecule has 6 nitrogen and oxygen atoms in total. The van der Waals surface area contributed by atoms with Crippen LogP contribution in [-0.2, 0) is 11.2 Å². The predicted octanol–water partition coefficient (Wildman–Crippen LogP) is 2.76. The molecule has 7 heteroatoms. The van der Waals surface area contributed by atoms with Gasteiger partial charge in [-0.25, -0.2) is 0 Å². The lowest BCUT2D eigenvalue weighted by Crippen LogP contribution is -2.21. The molecule has 0 unspecified atom stereocenters. The lowest BCUT2D eigenvalue weighted by Gasteiger charge is -2.10. The van der Waals surface area contributed by atoms with Crippen molar-refractivity contribution in [3.05, 3.63) is 5.82 Å². The Morgan fingerprint density at radius 2 is 2.00 bits per heavy atom. The molecule has 110 valence electrons. The summed E-state index contributed by atoms with van der Waals surface area (Å²) in [5.74, 6) is 1.41. The fourth-order valence-corrected chi connectivity index (χ4v) is 2.83. The summed E-state index contributed by atoms with van der Waals surface area (Å²) in [7, 11) is 0. The molecule has 0 aliphatic carbocycles. The van der Waals surface area contributed by atoms with Gasteiger partial charge in [0.15, 0.2) is 5.82 Å². The second-order valence-corrected chi connectivity index (χ2v) is 6.27. The van der Waals surface area contributed by atoms with Crippen molar-refractivity contribution in [3.8, 4) is 0 Å². The zero-order valence-electron chi connectivity index (χ0n) is 12.4. The average Bonchev–Trinajstić information content (AvgIpc) is 2.92. The van der Waals surface area contributed by atoms with Crippen molar-refractivity contribution in [2.75, 3.05) is 5.32 Å². The van der Waals surface area contributed by atoms with Crippen molar-refractivity contribution in [1.82, 2.24) is 19.8 Å². The first kappa shape index (κ1) is 14.9. The van der Waals surface area contributed by atoms with Gasteiger partial charge in [0.2, 0.25) is 16.0 Å². The Bertz CT molecular complexity index is 585. The SMILES string of the molecule is CCC(CC)C(=O)Nc1nn2c(CC(C)C)nnc2s1. The second-order valence-electron chi connectivity index (χ2n) is 5.32. The van der Waals surface area contributed by atoms with Gasteiger partial charge in [-0.3, -0.25) is 4.79 Å². The molecule has 1 amide bonds. The maximum Gasteiger partial charge on any atom is 0.236 e. The topological polar surface area (TPSA) is 72.2 Å². The van der Waals surface area contributed by atoms with Gasteiger partial charge in [-0.1, -0.05) is 39.0 Å². The van der Waals surface area contributed by atoms with Crippen molar-refractivity contribution in [2.24, 2.45) is 11.8 Å². The molecular formula is C13H21N5OS. The summed E-state index contributed by atoms with van der Waals surface area (Å²) in [5, 5.41) is 16.1. The van der Waals surface area contributed by atoms with Crippen LogP contribution in [0, 0.1) is 11.8 Å². The molecule has 0 saturated heterocycles. The van der Waals surface area contributed by atoms with E-state index in [1.807, 2.05) is 13.8 Å². The minimum Gasteiger partial charge on any atom is -0.300 e. The van der Waals surface area contributed by atoms with Gasteiger partial charge in [0.1, 0.15) is 0 Å². The number of rotatable bonds is 6. The third-order valence-electron chi connectivity index (χ3n) is 3.23. The van der Waals surface area contributed by atoms with E-state index in [-0.39, 0.29) is 11.8 Å². The van der Waals surface area contributed by atoms with E-state index in [0.717, 1.165) is 30.0 Å². The molecule has 2 aromatic heterocycles. The van der Waals surface area contributed by atoms with Crippen LogP contribution < -0.4 is 5.32 Å². The number of fused-ring (bicyclic) bond motifs is 1. The number of nitrogens with zero attached hydrogens (tertiary/aromatic N) is 4. The summed E-state index contributed by atoms with van der Waals surface area (Å²) in [6.07, 6.45) is 2.50. The number of amides is 1. The standard InChI is InChI=1S/C13H21N5OS/c1-5-9(6-2)11(19)14-12-17-18-10(7-8(3)4)15-16-13(18)20-12/h8-9H,5-7H2,1-4H3,(H,14,17,19). The molecule has 1 N–H and O–H groups in total. The Morgan fingerprint density at radius 1 is 1.30 bits per heavy atom. The van der Waals surface area contributed by atoms with E-state index < -0.39 is 0 Å². The molecule has 2 aromatic rings. The molecule has 0 aliphatic heterocycles. The first-order valence-electron chi connectivity index (χ1n) is 7.07. The van der Waals surface area contributed by atoms with E-state index in [1.165, 1.54) is 11.3 Å². The van der Waals surface area contributed by atoms with E-state index in [0.29, 0.717) is 11.0 Å². The Morgan fingerprint density at radius 3 is 2.60 bits per heavy atom. The van der Waals surface area contributed by atoms with Gasteiger partial charge in [-0.05, 0) is 18.8 Å². The molecule has 0 spiro atoms. The highest BCUT2D eigenvalue weighted by molar-refractivity contribution is 7.20. The number of anilines is 1. The number of aromatic nitrogens is 4. The Balaban J connectivity index is 2.16. The lowest BCUT2D eigenvalue weighted by atomic mass is 10.0. The molecule has 0 bridgehead atoms. The van der Waals surface area contributed by atoms with E-state index >= 15 is 0 Å². The van der Waals surface area contributed by atoms with Gasteiger partial charge in [-0.2, -0.15) is 4.52 Å². The maximum atomic E-state index is 12.0. The number of carbonyl (C=O) groups excluding carboxylic acids is 1. The summed E-state index contributed by atoms with van der Waals surface area (Å²) in [6, 6.07) is 0. The van der Waals surface area contributed by atoms with Crippen LogP contribution in [0.25, 0.3) is 4.96 Å². The molecule has 2 rings (SSSR count). The molecule has 0 saturated carbocycles. The number of nitrogens with one attached hydrogen (secondary N) is 1. The Hall–Kier alpha value is -1.50. The zero-order valence-corrected chi connectivity index (χ0v) is 13.2. The number of hydrogen-bond acceptors (Lipinski definition) is 5. The zero-order chi connectivity index (χ0) is 14.7. The number of hydrogen-bond donors (Lipinski definition) is 1. The van der Waals surface area contributed by atoms with Gasteiger partial charge in [0.05, 0.1) is 0 Å². The molecule has 2 heterocycles. The van der Waals surface area contributed by atoms with Crippen LogP contribution in [0.1, 0.15) is 46.4 Å². The molecule has 0 aliphatic rings. The second kappa shape index (κ2) is 6.30. The summed E-state index contributed by atoms with van der Waals surface area (Å²) < 4.78 is 1.73. The number of carbonyl (C=O) groups is 1. The quantitative estimate of drug-likeness (QED) is 0.889. The largest absolute Gasteiger partial charge is 0.300 e. The minimum absolute atomic E-state index is 0.0328. The van der Waals surface area contributed by atoms with Crippen LogP contribution in [0.2, 0.25) is 0 Å². The molecule has 0 atom stereocenters. The van der Waals surface area contributed by atoms with Crippen LogP contribution in [-0.4, -0.2) is 25.7 Å². The summed E-state index contributed by atoms with van der Waals surface area (Å²) in [4.78, 5) is 12.8. The van der Waals surface area contributed by atoms with Gasteiger partial charge < -0.3 is 5.32 Å². The van der Waals surface area contributed by atoms with E-state index in [2.05, 4.69) is 34.5 Å². The molecule has 0 fully saturated rings. The normalized spacial score (nSPS) is 11.7. The van der Waals surface area contributed by atoms with Crippen LogP contribution in [0.15, 0.2) is 0 Å². The first-order valence-corrected chi connectivity index (χ1v) is 7.88. The van der Waals surface area contributed by atoms with Crippen molar-refractivity contribution >= 4 is 27.3 Å². The van der Waals surface area contributed by atoms with Crippen molar-refractivity contribution in [2.45, 2.75) is 47.0 Å². The highest BCUT2D eigenvalue weighted by atomic mass is 32.1. The molecular weight excluding hydrogens is 274 g/mol. The summed E-state index contributed by atoms with van der Waals surface area (Å²) >= 11 is 1.36. The average molecular weight is 295 g/mol. The first-order chi connectivity index (χ1) is 9.55. The van der Waals surface area contributed by atoms with Gasteiger partial charge in [0.25, 0.3) is 0 Å². The Labute approximate surface area is 122 Å². The third kappa shape index (κ3) is 3.15. The molecule has 0 radical (unpaired) electrons. The van der Waals surface area contributed by atoms with Gasteiger partial charge >= 0.3 is 0 Å². The van der Waals surface area contributed by atoms with E-state index in [1.54, 1.807) is 4.52 Å². The van der Waals surface area contributed by atoms with E-state index in [4.69, 9.17) is 0 Å². The van der Waals surface area contributed by atoms with Crippen molar-refractivity contribution < 1.29 is 4.79 Å². The summed E-state index contributed by atoms with van der Waals surface area (Å²) in [5.41, 5.74) is 0. The smallest absolute Gasteiger partial charge is 0.236 e. The Kier molecular flexibility index (Phi) is 4.69. The van der Waals surface area contributed by atoms with Crippen molar-refractivity contribution in [3.63, 3.8) is 0 Å². The maximum absolute atomic E-state index is 12.0. The predicted molar refractivity (Wildman–Crippen MR) is 79.9 cm³/mol. The molecule has 20 heavy (non-hydrogen) atoms. The molecule has 0 aromatic carbocycles. The van der Waals surface area contributed by atoms with Crippen LogP contribution in [0.3, 0.4) is 0 Å². The minimum atomic E-state index is 0.0328. The van der Waals surface area contributed by atoms with Crippen LogP contribution in [0.4, 0.5) is 5.13 Å². The van der Waals surface area contributed by atoms with E-state index in [9.17, 15) is 4.79 Å². The fraction of sp³-hybridized carbons (Fsp3) is 0.692. The monoisotopic (exact) mass is 295 g/mol. The fourth-order valence-electron chi connectivity index (χ4n) is 2.07. The third-order valence-corrected chi connectivity index (χ3v) is 4.05. The van der Waals surface area contributed by atoms with Gasteiger partial charge in [0, 0.05) is 12.3 Å². The highest BCUT2D eigenvalue weighted by Gasteiger charge is 2.18. The summed E-state index contributed by atoms with van der Waals surface area (Å²) in [6.45, 7) is 8.30. The lowest BCUT2D eigenvalue weighted by molar-refractivity contribution is -0.120. The highest BCUT2D eigenvalue weighted by Crippen LogP contribution is 2.21. The van der Waals surface area contributed by atoms with Crippen molar-refractivity contribution in [1.29, 1.82) is 0 Å². The van der Waals surface area contributed by atoms with Crippen LogP contribution >= 0.6 is 11.3 Å².